The van der Waals surface area contributed by atoms with E-state index in [0.29, 0.717) is 25.4 Å². The maximum absolute atomic E-state index is 10.8. The molecule has 7 nitrogen and oxygen atoms in total. The van der Waals surface area contributed by atoms with Crippen molar-refractivity contribution in [3.05, 3.63) is 29.8 Å². The Morgan fingerprint density at radius 3 is 2.48 bits per heavy atom. The van der Waals surface area contributed by atoms with E-state index < -0.39 is 11.9 Å². The van der Waals surface area contributed by atoms with Crippen LogP contribution in [0.5, 0.6) is 5.75 Å². The zero-order chi connectivity index (χ0) is 15.7. The van der Waals surface area contributed by atoms with Gasteiger partial charge < -0.3 is 20.3 Å². The number of carbonyl (C=O) groups is 2. The van der Waals surface area contributed by atoms with Gasteiger partial charge in [-0.25, -0.2) is 0 Å². The summed E-state index contributed by atoms with van der Waals surface area (Å²) in [6.07, 6.45) is 0. The van der Waals surface area contributed by atoms with Gasteiger partial charge in [0.05, 0.1) is 13.2 Å². The molecule has 0 saturated carbocycles. The number of carboxylic acids is 1. The summed E-state index contributed by atoms with van der Waals surface area (Å²) in [7, 11) is 1.57. The first-order chi connectivity index (χ1) is 10.0. The molecule has 0 heterocycles. The Balaban J connectivity index is 2.57. The Kier molecular flexibility index (Phi) is 7.20. The molecule has 0 aliphatic carbocycles. The molecule has 0 spiro atoms. The number of aliphatic carboxylic acids is 1. The van der Waals surface area contributed by atoms with E-state index in [9.17, 15) is 9.59 Å². The Labute approximate surface area is 123 Å². The van der Waals surface area contributed by atoms with Crippen LogP contribution in [0.2, 0.25) is 0 Å². The van der Waals surface area contributed by atoms with Gasteiger partial charge >= 0.3 is 5.97 Å². The van der Waals surface area contributed by atoms with Gasteiger partial charge in [-0.2, -0.15) is 0 Å². The topological polar surface area (TPSA) is 102 Å². The molecule has 1 rings (SSSR count). The summed E-state index contributed by atoms with van der Waals surface area (Å²) in [4.78, 5) is 23.2. The molecule has 0 radical (unpaired) electrons. The van der Waals surface area contributed by atoms with Crippen molar-refractivity contribution in [3.63, 3.8) is 0 Å². The minimum atomic E-state index is -0.882. The Morgan fingerprint density at radius 2 is 1.95 bits per heavy atom. The molecule has 0 fully saturated rings. The van der Waals surface area contributed by atoms with E-state index in [1.54, 1.807) is 24.1 Å². The fourth-order valence-corrected chi connectivity index (χ4v) is 1.73. The van der Waals surface area contributed by atoms with E-state index in [1.807, 2.05) is 12.1 Å². The van der Waals surface area contributed by atoms with Gasteiger partial charge in [-0.3, -0.25) is 14.5 Å². The van der Waals surface area contributed by atoms with Gasteiger partial charge in [0.1, 0.15) is 5.75 Å². The zero-order valence-electron chi connectivity index (χ0n) is 11.9. The van der Waals surface area contributed by atoms with E-state index in [2.05, 4.69) is 0 Å². The lowest BCUT2D eigenvalue weighted by Gasteiger charge is -2.20. The molecule has 21 heavy (non-hydrogen) atoms. The molecule has 0 aliphatic heterocycles. The van der Waals surface area contributed by atoms with Gasteiger partial charge in [0, 0.05) is 20.2 Å². The summed E-state index contributed by atoms with van der Waals surface area (Å²) in [5.74, 6) is -0.877. The normalized spacial score (nSPS) is 10.6. The van der Waals surface area contributed by atoms with Gasteiger partial charge in [-0.05, 0) is 17.7 Å². The third kappa shape index (κ3) is 7.28. The molecule has 1 amide bonds. The molecule has 7 heteroatoms. The van der Waals surface area contributed by atoms with Crippen LogP contribution in [0.15, 0.2) is 24.3 Å². The summed E-state index contributed by atoms with van der Waals surface area (Å²) in [5, 5.41) is 8.88. The lowest BCUT2D eigenvalue weighted by atomic mass is 10.2. The number of amides is 1. The minimum absolute atomic E-state index is 0.0523. The average molecular weight is 296 g/mol. The SMILES string of the molecule is COCCN(CC(=O)O)Cc1ccc(OCC(N)=O)cc1. The predicted molar refractivity (Wildman–Crippen MR) is 75.9 cm³/mol. The van der Waals surface area contributed by atoms with Crippen molar-refractivity contribution in [1.29, 1.82) is 0 Å². The molecule has 0 saturated heterocycles. The van der Waals surface area contributed by atoms with Crippen molar-refractivity contribution in [1.82, 2.24) is 4.90 Å². The van der Waals surface area contributed by atoms with Crippen LogP contribution in [-0.4, -0.2) is 55.3 Å². The standard InChI is InChI=1S/C14H20N2O5/c1-20-7-6-16(9-14(18)19)8-11-2-4-12(5-3-11)21-10-13(15)17/h2-5H,6-10H2,1H3,(H2,15,17)(H,18,19). The maximum atomic E-state index is 10.8. The molecule has 116 valence electrons. The quantitative estimate of drug-likeness (QED) is 0.634. The van der Waals surface area contributed by atoms with Crippen molar-refractivity contribution in [3.8, 4) is 5.75 Å². The van der Waals surface area contributed by atoms with E-state index in [0.717, 1.165) is 5.56 Å². The van der Waals surface area contributed by atoms with Crippen molar-refractivity contribution < 1.29 is 24.2 Å². The number of hydrogen-bond acceptors (Lipinski definition) is 5. The van der Waals surface area contributed by atoms with E-state index >= 15 is 0 Å². The maximum Gasteiger partial charge on any atom is 0.317 e. The third-order valence-corrected chi connectivity index (χ3v) is 2.68. The van der Waals surface area contributed by atoms with E-state index in [-0.39, 0.29) is 13.2 Å². The highest BCUT2D eigenvalue weighted by molar-refractivity contribution is 5.75. The highest BCUT2D eigenvalue weighted by atomic mass is 16.5. The smallest absolute Gasteiger partial charge is 0.317 e. The molecule has 0 atom stereocenters. The lowest BCUT2D eigenvalue weighted by Crippen LogP contribution is -2.32. The molecular formula is C14H20N2O5. The predicted octanol–water partition coefficient (Wildman–Crippen LogP) is 0.0837. The fourth-order valence-electron chi connectivity index (χ4n) is 1.73. The number of hydrogen-bond donors (Lipinski definition) is 2. The van der Waals surface area contributed by atoms with Crippen LogP contribution in [0.25, 0.3) is 0 Å². The molecule has 0 unspecified atom stereocenters. The number of rotatable bonds is 10. The molecule has 0 bridgehead atoms. The van der Waals surface area contributed by atoms with Gasteiger partial charge in [0.15, 0.2) is 6.61 Å². The second kappa shape index (κ2) is 8.93. The first-order valence-electron chi connectivity index (χ1n) is 6.44. The van der Waals surface area contributed by atoms with Crippen molar-refractivity contribution in [2.45, 2.75) is 6.54 Å². The van der Waals surface area contributed by atoms with E-state index in [1.165, 1.54) is 0 Å². The van der Waals surface area contributed by atoms with Gasteiger partial charge in [0.25, 0.3) is 5.91 Å². The number of methoxy groups -OCH3 is 1. The Morgan fingerprint density at radius 1 is 1.29 bits per heavy atom. The third-order valence-electron chi connectivity index (χ3n) is 2.68. The number of carboxylic acid groups (broad SMARTS) is 1. The number of ether oxygens (including phenoxy) is 2. The number of benzene rings is 1. The summed E-state index contributed by atoms with van der Waals surface area (Å²) in [5.41, 5.74) is 5.93. The monoisotopic (exact) mass is 296 g/mol. The highest BCUT2D eigenvalue weighted by Crippen LogP contribution is 2.13. The van der Waals surface area contributed by atoms with Crippen LogP contribution in [-0.2, 0) is 20.9 Å². The summed E-state index contributed by atoms with van der Waals surface area (Å²) in [6, 6.07) is 7.07. The summed E-state index contributed by atoms with van der Waals surface area (Å²) < 4.78 is 10.1. The molecular weight excluding hydrogens is 276 g/mol. The molecule has 1 aromatic carbocycles. The molecule has 1 aromatic rings. The summed E-state index contributed by atoms with van der Waals surface area (Å²) in [6.45, 7) is 1.27. The average Bonchev–Trinajstić information content (AvgIpc) is 2.43. The van der Waals surface area contributed by atoms with Crippen molar-refractivity contribution in [2.75, 3.05) is 33.4 Å². The molecule has 0 aromatic heterocycles. The zero-order valence-corrected chi connectivity index (χ0v) is 11.9. The number of nitrogens with zero attached hydrogens (tertiary/aromatic N) is 1. The van der Waals surface area contributed by atoms with Crippen LogP contribution in [0.1, 0.15) is 5.56 Å². The summed E-state index contributed by atoms with van der Waals surface area (Å²) >= 11 is 0. The van der Waals surface area contributed by atoms with E-state index in [4.69, 9.17) is 20.3 Å². The van der Waals surface area contributed by atoms with Crippen molar-refractivity contribution in [2.24, 2.45) is 5.73 Å². The second-order valence-corrected chi connectivity index (χ2v) is 4.50. The largest absolute Gasteiger partial charge is 0.484 e. The molecule has 0 aliphatic rings. The van der Waals surface area contributed by atoms with Crippen LogP contribution in [0, 0.1) is 0 Å². The Bertz CT molecular complexity index is 461. The van der Waals surface area contributed by atoms with Crippen LogP contribution >= 0.6 is 0 Å². The fraction of sp³-hybridized carbons (Fsp3) is 0.429. The number of nitrogens with two attached hydrogens (primary N) is 1. The van der Waals surface area contributed by atoms with Crippen molar-refractivity contribution >= 4 is 11.9 Å². The first kappa shape index (κ1) is 16.9. The van der Waals surface area contributed by atoms with Gasteiger partial charge in [-0.1, -0.05) is 12.1 Å². The highest BCUT2D eigenvalue weighted by Gasteiger charge is 2.10. The minimum Gasteiger partial charge on any atom is -0.484 e. The Hall–Kier alpha value is -2.12. The number of carbonyl (C=O) groups excluding carboxylic acids is 1. The second-order valence-electron chi connectivity index (χ2n) is 4.50. The lowest BCUT2D eigenvalue weighted by molar-refractivity contribution is -0.138. The van der Waals surface area contributed by atoms with Crippen LogP contribution in [0.4, 0.5) is 0 Å². The van der Waals surface area contributed by atoms with Gasteiger partial charge in [0.2, 0.25) is 0 Å². The van der Waals surface area contributed by atoms with Crippen LogP contribution in [0.3, 0.4) is 0 Å². The first-order valence-corrected chi connectivity index (χ1v) is 6.44. The van der Waals surface area contributed by atoms with Crippen LogP contribution < -0.4 is 10.5 Å². The van der Waals surface area contributed by atoms with Gasteiger partial charge in [-0.15, -0.1) is 0 Å². The molecule has 3 N–H and O–H groups in total. The number of primary amides is 1.